The van der Waals surface area contributed by atoms with E-state index < -0.39 is 27.0 Å². The molecule has 3 aromatic carbocycles. The van der Waals surface area contributed by atoms with Crippen LogP contribution >= 0.6 is 23.4 Å². The summed E-state index contributed by atoms with van der Waals surface area (Å²) in [5.74, 6) is -0.533. The maximum absolute atomic E-state index is 12.6. The van der Waals surface area contributed by atoms with Gasteiger partial charge in [0.25, 0.3) is 11.4 Å². The molecule has 0 fully saturated rings. The summed E-state index contributed by atoms with van der Waals surface area (Å²) in [6.07, 6.45) is 0. The summed E-state index contributed by atoms with van der Waals surface area (Å²) >= 11 is 6.70. The zero-order chi connectivity index (χ0) is 20.3. The van der Waals surface area contributed by atoms with Gasteiger partial charge in [-0.25, -0.2) is 0 Å². The summed E-state index contributed by atoms with van der Waals surface area (Å²) < 4.78 is 0. The summed E-state index contributed by atoms with van der Waals surface area (Å²) in [6.45, 7) is 0. The van der Waals surface area contributed by atoms with Crippen molar-refractivity contribution in [1.29, 1.82) is 0 Å². The fourth-order valence-corrected chi connectivity index (χ4v) is 3.59. The van der Waals surface area contributed by atoms with Crippen molar-refractivity contribution in [3.05, 3.63) is 103 Å². The third-order valence-electron chi connectivity index (χ3n) is 3.77. The highest BCUT2D eigenvalue weighted by molar-refractivity contribution is 7.99. The minimum absolute atomic E-state index is 0.120. The van der Waals surface area contributed by atoms with Crippen LogP contribution in [0.4, 0.5) is 11.4 Å². The molecule has 0 aliphatic carbocycles. The second-order valence-corrected chi connectivity index (χ2v) is 7.13. The van der Waals surface area contributed by atoms with Crippen LogP contribution in [0.2, 0.25) is 5.02 Å². The second kappa shape index (κ2) is 8.20. The number of halogens is 1. The molecule has 28 heavy (non-hydrogen) atoms. The van der Waals surface area contributed by atoms with Crippen molar-refractivity contribution in [1.82, 2.24) is 0 Å². The average Bonchev–Trinajstić information content (AvgIpc) is 2.69. The van der Waals surface area contributed by atoms with Gasteiger partial charge in [-0.1, -0.05) is 53.7 Å². The van der Waals surface area contributed by atoms with E-state index in [1.54, 1.807) is 42.5 Å². The molecule has 9 heteroatoms. The van der Waals surface area contributed by atoms with E-state index in [4.69, 9.17) is 11.6 Å². The first kappa shape index (κ1) is 19.5. The molecule has 0 radical (unpaired) electrons. The monoisotopic (exact) mass is 414 g/mol. The van der Waals surface area contributed by atoms with E-state index in [-0.39, 0.29) is 16.0 Å². The van der Waals surface area contributed by atoms with E-state index in [0.717, 1.165) is 23.9 Å². The smallest absolute Gasteiger partial charge is 0.289 e. The van der Waals surface area contributed by atoms with Crippen molar-refractivity contribution in [2.24, 2.45) is 0 Å². The first-order valence-electron chi connectivity index (χ1n) is 7.87. The maximum atomic E-state index is 12.6. The van der Waals surface area contributed by atoms with E-state index in [1.165, 1.54) is 12.1 Å². The van der Waals surface area contributed by atoms with Gasteiger partial charge in [0.2, 0.25) is 0 Å². The lowest BCUT2D eigenvalue weighted by atomic mass is 10.0. The molecule has 140 valence electrons. The zero-order valence-corrected chi connectivity index (χ0v) is 15.6. The van der Waals surface area contributed by atoms with Gasteiger partial charge in [0.1, 0.15) is 0 Å². The molecule has 3 rings (SSSR count). The van der Waals surface area contributed by atoms with Crippen molar-refractivity contribution in [3.63, 3.8) is 0 Å². The van der Waals surface area contributed by atoms with Gasteiger partial charge < -0.3 is 0 Å². The molecule has 0 aliphatic heterocycles. The summed E-state index contributed by atoms with van der Waals surface area (Å²) in [6, 6.07) is 16.6. The molecule has 0 saturated carbocycles. The first-order valence-corrected chi connectivity index (χ1v) is 9.06. The van der Waals surface area contributed by atoms with Gasteiger partial charge in [0.15, 0.2) is 10.7 Å². The summed E-state index contributed by atoms with van der Waals surface area (Å²) in [4.78, 5) is 34.7. The van der Waals surface area contributed by atoms with Gasteiger partial charge in [-0.3, -0.25) is 25.0 Å². The number of nitro groups is 2. The Kier molecular flexibility index (Phi) is 5.72. The van der Waals surface area contributed by atoms with E-state index in [0.29, 0.717) is 9.92 Å². The molecule has 0 saturated heterocycles. The number of ketones is 1. The van der Waals surface area contributed by atoms with Crippen molar-refractivity contribution in [3.8, 4) is 0 Å². The van der Waals surface area contributed by atoms with Gasteiger partial charge in [0, 0.05) is 33.2 Å². The molecule has 0 heterocycles. The predicted octanol–water partition coefficient (Wildman–Crippen LogP) is 5.54. The molecule has 0 bridgehead atoms. The third kappa shape index (κ3) is 4.19. The normalized spacial score (nSPS) is 10.5. The van der Waals surface area contributed by atoms with Crippen LogP contribution < -0.4 is 0 Å². The zero-order valence-electron chi connectivity index (χ0n) is 14.1. The molecule has 7 nitrogen and oxygen atoms in total. The van der Waals surface area contributed by atoms with Crippen molar-refractivity contribution >= 4 is 40.5 Å². The Bertz CT molecular complexity index is 1040. The van der Waals surface area contributed by atoms with Crippen molar-refractivity contribution in [2.75, 3.05) is 0 Å². The van der Waals surface area contributed by atoms with Gasteiger partial charge in [-0.2, -0.15) is 0 Å². The Balaban J connectivity index is 2.13. The summed E-state index contributed by atoms with van der Waals surface area (Å²) in [5, 5.41) is 23.6. The van der Waals surface area contributed by atoms with Crippen LogP contribution in [0.25, 0.3) is 0 Å². The molecule has 3 aromatic rings. The van der Waals surface area contributed by atoms with Gasteiger partial charge in [-0.05, 0) is 24.3 Å². The Morgan fingerprint density at radius 2 is 1.36 bits per heavy atom. The van der Waals surface area contributed by atoms with Crippen molar-refractivity contribution < 1.29 is 14.6 Å². The maximum Gasteiger partial charge on any atom is 0.291 e. The molecular weight excluding hydrogens is 404 g/mol. The summed E-state index contributed by atoms with van der Waals surface area (Å²) in [5.41, 5.74) is -0.851. The minimum Gasteiger partial charge on any atom is -0.289 e. The number of benzene rings is 3. The van der Waals surface area contributed by atoms with Crippen LogP contribution in [0.1, 0.15) is 15.9 Å². The number of carbonyl (C=O) groups excluding carboxylic acids is 1. The fraction of sp³-hybridized carbons (Fsp3) is 0. The molecule has 0 unspecified atom stereocenters. The van der Waals surface area contributed by atoms with Gasteiger partial charge >= 0.3 is 0 Å². The Labute approximate surface area is 168 Å². The molecule has 0 spiro atoms. The van der Waals surface area contributed by atoms with E-state index in [1.807, 2.05) is 0 Å². The highest BCUT2D eigenvalue weighted by Crippen LogP contribution is 2.42. The SMILES string of the molecule is O=C(c1ccccc1)c1cc([N+](=O)[O-])c(Sc2ccc(Cl)cc2)c([N+](=O)[O-])c1. The molecule has 0 atom stereocenters. The lowest BCUT2D eigenvalue weighted by molar-refractivity contribution is -0.399. The van der Waals surface area contributed by atoms with Gasteiger partial charge in [-0.15, -0.1) is 0 Å². The predicted molar refractivity (Wildman–Crippen MR) is 105 cm³/mol. The van der Waals surface area contributed by atoms with Crippen LogP contribution in [-0.2, 0) is 0 Å². The molecule has 0 aromatic heterocycles. The number of rotatable bonds is 6. The largest absolute Gasteiger partial charge is 0.291 e. The minimum atomic E-state index is -0.729. The lowest BCUT2D eigenvalue weighted by Gasteiger charge is -2.07. The summed E-state index contributed by atoms with van der Waals surface area (Å²) in [7, 11) is 0. The van der Waals surface area contributed by atoms with Crippen LogP contribution in [-0.4, -0.2) is 15.6 Å². The Hall–Kier alpha value is -3.23. The number of carbonyl (C=O) groups is 1. The Morgan fingerprint density at radius 1 is 0.821 bits per heavy atom. The number of hydrogen-bond acceptors (Lipinski definition) is 6. The molecule has 0 aliphatic rings. The number of nitro benzene ring substituents is 2. The highest BCUT2D eigenvalue weighted by Gasteiger charge is 2.29. The third-order valence-corrected chi connectivity index (χ3v) is 5.16. The van der Waals surface area contributed by atoms with E-state index in [2.05, 4.69) is 0 Å². The number of nitrogens with zero attached hydrogens (tertiary/aromatic N) is 2. The van der Waals surface area contributed by atoms with Crippen molar-refractivity contribution in [2.45, 2.75) is 9.79 Å². The van der Waals surface area contributed by atoms with Crippen LogP contribution in [0.3, 0.4) is 0 Å². The highest BCUT2D eigenvalue weighted by atomic mass is 35.5. The van der Waals surface area contributed by atoms with Crippen LogP contribution in [0.15, 0.2) is 76.5 Å². The van der Waals surface area contributed by atoms with Crippen LogP contribution in [0.5, 0.6) is 0 Å². The second-order valence-electron chi connectivity index (χ2n) is 5.61. The topological polar surface area (TPSA) is 103 Å². The molecular formula is C19H11ClN2O5S. The van der Waals surface area contributed by atoms with E-state index >= 15 is 0 Å². The standard InChI is InChI=1S/C19H11ClN2O5S/c20-14-6-8-15(9-7-14)28-19-16(21(24)25)10-13(11-17(19)22(26)27)18(23)12-4-2-1-3-5-12/h1-11H. The first-order chi connectivity index (χ1) is 13.4. The number of hydrogen-bond donors (Lipinski definition) is 0. The quantitative estimate of drug-likeness (QED) is 0.298. The molecule has 0 N–H and O–H groups in total. The van der Waals surface area contributed by atoms with Gasteiger partial charge in [0.05, 0.1) is 9.85 Å². The van der Waals surface area contributed by atoms with E-state index in [9.17, 15) is 25.0 Å². The lowest BCUT2D eigenvalue weighted by Crippen LogP contribution is -2.05. The Morgan fingerprint density at radius 3 is 1.86 bits per heavy atom. The van der Waals surface area contributed by atoms with Crippen LogP contribution in [0, 0.1) is 20.2 Å². The molecule has 0 amide bonds. The fourth-order valence-electron chi connectivity index (χ4n) is 2.48. The average molecular weight is 415 g/mol.